The Labute approximate surface area is 128 Å². The summed E-state index contributed by atoms with van der Waals surface area (Å²) in [6, 6.07) is 0. The van der Waals surface area contributed by atoms with Crippen LogP contribution < -0.4 is 0 Å². The Bertz CT molecular complexity index is 995. The van der Waals surface area contributed by atoms with Crippen molar-refractivity contribution >= 4 is 44.7 Å². The molecule has 0 aromatic carbocycles. The fraction of sp³-hybridized carbons (Fsp3) is 0.385. The van der Waals surface area contributed by atoms with Crippen LogP contribution in [0.4, 0.5) is 0 Å². The van der Waals surface area contributed by atoms with E-state index in [2.05, 4.69) is 24.7 Å². The Morgan fingerprint density at radius 2 is 2.14 bits per heavy atom. The molecule has 4 aromatic rings. The molecule has 0 radical (unpaired) electrons. The second-order valence-corrected chi connectivity index (χ2v) is 7.07. The van der Waals surface area contributed by atoms with E-state index in [9.17, 15) is 0 Å². The van der Waals surface area contributed by atoms with Crippen LogP contribution in [-0.4, -0.2) is 35.5 Å². The van der Waals surface area contributed by atoms with E-state index in [0.717, 1.165) is 23.0 Å². The molecule has 0 saturated heterocycles. The number of thioether (sulfide) groups is 1. The summed E-state index contributed by atoms with van der Waals surface area (Å²) < 4.78 is 3.95. The summed E-state index contributed by atoms with van der Waals surface area (Å²) in [5.41, 5.74) is 2.37. The Morgan fingerprint density at radius 1 is 1.24 bits per heavy atom. The highest BCUT2D eigenvalue weighted by Crippen LogP contribution is 2.39. The zero-order valence-electron chi connectivity index (χ0n) is 11.4. The van der Waals surface area contributed by atoms with Gasteiger partial charge in [-0.15, -0.1) is 21.5 Å². The predicted octanol–water partition coefficient (Wildman–Crippen LogP) is 2.59. The number of aromatic nitrogens is 6. The van der Waals surface area contributed by atoms with Crippen molar-refractivity contribution in [2.75, 3.05) is 6.26 Å². The Hall–Kier alpha value is -1.67. The van der Waals surface area contributed by atoms with Crippen molar-refractivity contribution in [2.24, 2.45) is 0 Å². The van der Waals surface area contributed by atoms with Crippen LogP contribution in [0.2, 0.25) is 0 Å². The fourth-order valence-corrected chi connectivity index (χ4v) is 5.13. The van der Waals surface area contributed by atoms with Crippen LogP contribution in [0.15, 0.2) is 11.5 Å². The largest absolute Gasteiger partial charge is 0.260 e. The van der Waals surface area contributed by atoms with Crippen LogP contribution in [0.3, 0.4) is 0 Å². The molecule has 0 aliphatic heterocycles. The molecule has 1 aliphatic rings. The average molecular weight is 316 g/mol. The van der Waals surface area contributed by atoms with Gasteiger partial charge in [-0.3, -0.25) is 0 Å². The number of hydrogen-bond donors (Lipinski definition) is 0. The van der Waals surface area contributed by atoms with Gasteiger partial charge in [-0.05, 0) is 37.5 Å². The summed E-state index contributed by atoms with van der Waals surface area (Å²) in [6.45, 7) is 0. The van der Waals surface area contributed by atoms with Gasteiger partial charge in [0.25, 0.3) is 5.78 Å². The van der Waals surface area contributed by atoms with Crippen molar-refractivity contribution in [2.45, 2.75) is 30.8 Å². The predicted molar refractivity (Wildman–Crippen MR) is 83.3 cm³/mol. The molecule has 6 nitrogen and oxygen atoms in total. The van der Waals surface area contributed by atoms with Crippen molar-refractivity contribution in [3.05, 3.63) is 16.8 Å². The third-order valence-electron chi connectivity index (χ3n) is 4.12. The average Bonchev–Trinajstić information content (AvgIpc) is 3.21. The Kier molecular flexibility index (Phi) is 2.37. The van der Waals surface area contributed by atoms with Gasteiger partial charge in [0.15, 0.2) is 10.8 Å². The molecule has 21 heavy (non-hydrogen) atoms. The number of aryl methyl sites for hydroxylation is 2. The van der Waals surface area contributed by atoms with Crippen LogP contribution in [0.25, 0.3) is 21.6 Å². The summed E-state index contributed by atoms with van der Waals surface area (Å²) in [5, 5.41) is 15.1. The first-order valence-electron chi connectivity index (χ1n) is 6.93. The molecule has 0 fully saturated rings. The Balaban J connectivity index is 2.10. The quantitative estimate of drug-likeness (QED) is 0.505. The summed E-state index contributed by atoms with van der Waals surface area (Å²) in [7, 11) is 0. The highest BCUT2D eigenvalue weighted by Gasteiger charge is 2.24. The molecular weight excluding hydrogens is 304 g/mol. The van der Waals surface area contributed by atoms with Crippen LogP contribution in [0.5, 0.6) is 0 Å². The molecule has 0 atom stereocenters. The third-order valence-corrected chi connectivity index (χ3v) is 6.02. The van der Waals surface area contributed by atoms with Gasteiger partial charge in [0.1, 0.15) is 11.2 Å². The zero-order chi connectivity index (χ0) is 14.0. The minimum absolute atomic E-state index is 0.748. The zero-order valence-corrected chi connectivity index (χ0v) is 13.0. The monoisotopic (exact) mass is 316 g/mol. The molecule has 8 heteroatoms. The standard InChI is InChI=1S/C13H12N6S2/c1-20-13-17-16-12-18(13)11-9(10-14-6-15-19(10)12)7-4-2-3-5-8(7)21-11/h6H,2-5H2,1H3. The lowest BCUT2D eigenvalue weighted by molar-refractivity contribution is 0.700. The molecule has 106 valence electrons. The maximum absolute atomic E-state index is 4.48. The fourth-order valence-electron chi connectivity index (χ4n) is 3.21. The molecule has 0 bridgehead atoms. The smallest absolute Gasteiger partial charge is 0.244 e. The Morgan fingerprint density at radius 3 is 3.05 bits per heavy atom. The SMILES string of the molecule is CSc1nnc2n3ncnc3c3c4c(sc3n12)CCCC4. The molecule has 4 heterocycles. The molecule has 4 aromatic heterocycles. The van der Waals surface area contributed by atoms with E-state index in [1.165, 1.54) is 39.9 Å². The first kappa shape index (κ1) is 11.9. The lowest BCUT2D eigenvalue weighted by atomic mass is 9.97. The molecule has 0 N–H and O–H groups in total. The molecular formula is C13H12N6S2. The van der Waals surface area contributed by atoms with E-state index in [1.54, 1.807) is 18.1 Å². The van der Waals surface area contributed by atoms with E-state index in [1.807, 2.05) is 22.1 Å². The second kappa shape index (κ2) is 4.17. The number of thiophene rings is 1. The number of hydrogen-bond acceptors (Lipinski definition) is 6. The highest BCUT2D eigenvalue weighted by atomic mass is 32.2. The van der Waals surface area contributed by atoms with Crippen molar-refractivity contribution in [3.63, 3.8) is 0 Å². The van der Waals surface area contributed by atoms with Gasteiger partial charge in [0.2, 0.25) is 0 Å². The highest BCUT2D eigenvalue weighted by molar-refractivity contribution is 7.98. The number of nitrogens with zero attached hydrogens (tertiary/aromatic N) is 6. The van der Waals surface area contributed by atoms with Gasteiger partial charge in [0.05, 0.1) is 5.39 Å². The van der Waals surface area contributed by atoms with Gasteiger partial charge in [-0.2, -0.15) is 9.61 Å². The normalized spacial score (nSPS) is 15.3. The van der Waals surface area contributed by atoms with Crippen molar-refractivity contribution < 1.29 is 0 Å². The minimum atomic E-state index is 0.748. The van der Waals surface area contributed by atoms with E-state index in [0.29, 0.717) is 0 Å². The summed E-state index contributed by atoms with van der Waals surface area (Å²) in [4.78, 5) is 7.19. The minimum Gasteiger partial charge on any atom is -0.244 e. The maximum Gasteiger partial charge on any atom is 0.260 e. The lowest BCUT2D eigenvalue weighted by Gasteiger charge is -2.10. The molecule has 1 aliphatic carbocycles. The lowest BCUT2D eigenvalue weighted by Crippen LogP contribution is -2.01. The van der Waals surface area contributed by atoms with E-state index in [-0.39, 0.29) is 0 Å². The molecule has 5 rings (SSSR count). The van der Waals surface area contributed by atoms with E-state index >= 15 is 0 Å². The van der Waals surface area contributed by atoms with Gasteiger partial charge >= 0.3 is 0 Å². The number of rotatable bonds is 1. The third kappa shape index (κ3) is 1.44. The van der Waals surface area contributed by atoms with Gasteiger partial charge in [-0.1, -0.05) is 11.8 Å². The van der Waals surface area contributed by atoms with Crippen LogP contribution in [-0.2, 0) is 12.8 Å². The molecule has 0 amide bonds. The van der Waals surface area contributed by atoms with Crippen LogP contribution in [0.1, 0.15) is 23.3 Å². The summed E-state index contributed by atoms with van der Waals surface area (Å²) in [6.07, 6.45) is 8.49. The topological polar surface area (TPSA) is 60.4 Å². The molecule has 0 spiro atoms. The summed E-state index contributed by atoms with van der Waals surface area (Å²) >= 11 is 3.48. The van der Waals surface area contributed by atoms with Crippen molar-refractivity contribution in [1.82, 2.24) is 29.2 Å². The van der Waals surface area contributed by atoms with E-state index in [4.69, 9.17) is 0 Å². The second-order valence-electron chi connectivity index (χ2n) is 5.21. The van der Waals surface area contributed by atoms with Gasteiger partial charge in [0, 0.05) is 4.88 Å². The van der Waals surface area contributed by atoms with Gasteiger partial charge < -0.3 is 0 Å². The first-order chi connectivity index (χ1) is 10.4. The molecule has 0 unspecified atom stereocenters. The first-order valence-corrected chi connectivity index (χ1v) is 8.97. The molecule has 0 saturated carbocycles. The van der Waals surface area contributed by atoms with Crippen molar-refractivity contribution in [3.8, 4) is 0 Å². The van der Waals surface area contributed by atoms with Crippen LogP contribution in [0, 0.1) is 0 Å². The maximum atomic E-state index is 4.48. The van der Waals surface area contributed by atoms with Crippen LogP contribution >= 0.6 is 23.1 Å². The van der Waals surface area contributed by atoms with Gasteiger partial charge in [-0.25, -0.2) is 9.38 Å². The van der Waals surface area contributed by atoms with E-state index < -0.39 is 0 Å². The van der Waals surface area contributed by atoms with Crippen molar-refractivity contribution in [1.29, 1.82) is 0 Å². The summed E-state index contributed by atoms with van der Waals surface area (Å²) in [5.74, 6) is 0.748. The number of fused-ring (bicyclic) bond motifs is 8.